The van der Waals surface area contributed by atoms with E-state index in [2.05, 4.69) is 0 Å². The number of nitro benzene ring substituents is 1. The summed E-state index contributed by atoms with van der Waals surface area (Å²) in [5.41, 5.74) is 4.80. The molecular formula is C22H16Cl2N4O6. The Hall–Kier alpha value is -4.07. The van der Waals surface area contributed by atoms with Crippen LogP contribution in [0.2, 0.25) is 10.0 Å². The van der Waals surface area contributed by atoms with Crippen LogP contribution in [0.25, 0.3) is 0 Å². The Morgan fingerprint density at radius 2 is 1.76 bits per heavy atom. The molecule has 0 aromatic heterocycles. The van der Waals surface area contributed by atoms with Gasteiger partial charge in [-0.3, -0.25) is 15.0 Å². The molecule has 1 atom stereocenters. The number of nitriles is 1. The van der Waals surface area contributed by atoms with Crippen LogP contribution in [0.4, 0.5) is 11.4 Å². The second-order valence-electron chi connectivity index (χ2n) is 6.85. The molecule has 1 heterocycles. The van der Waals surface area contributed by atoms with Gasteiger partial charge in [0.15, 0.2) is 0 Å². The monoisotopic (exact) mass is 502 g/mol. The molecule has 0 bridgehead atoms. The molecule has 0 amide bonds. The normalized spacial score (nSPS) is 15.6. The van der Waals surface area contributed by atoms with Crippen molar-refractivity contribution in [2.75, 3.05) is 19.1 Å². The van der Waals surface area contributed by atoms with Crippen molar-refractivity contribution in [3.63, 3.8) is 0 Å². The summed E-state index contributed by atoms with van der Waals surface area (Å²) in [5, 5.41) is 21.5. The van der Waals surface area contributed by atoms with Gasteiger partial charge in [0.1, 0.15) is 17.2 Å². The quantitative estimate of drug-likeness (QED) is 0.365. The average Bonchev–Trinajstić information content (AvgIpc) is 2.82. The third-order valence-corrected chi connectivity index (χ3v) is 5.55. The number of rotatable bonds is 5. The van der Waals surface area contributed by atoms with Crippen molar-refractivity contribution in [2.45, 2.75) is 5.92 Å². The summed E-state index contributed by atoms with van der Waals surface area (Å²) in [5.74, 6) is -3.54. The summed E-state index contributed by atoms with van der Waals surface area (Å²) in [7, 11) is 2.14. The van der Waals surface area contributed by atoms with E-state index in [1.54, 1.807) is 30.3 Å². The van der Waals surface area contributed by atoms with Gasteiger partial charge in [-0.25, -0.2) is 9.59 Å². The minimum atomic E-state index is -1.13. The molecule has 12 heteroatoms. The molecule has 0 spiro atoms. The number of benzene rings is 2. The molecule has 1 aliphatic heterocycles. The Morgan fingerprint density at radius 1 is 1.15 bits per heavy atom. The number of esters is 2. The molecule has 2 N–H and O–H groups in total. The number of carbonyl (C=O) groups is 2. The predicted molar refractivity (Wildman–Crippen MR) is 123 cm³/mol. The second kappa shape index (κ2) is 9.82. The summed E-state index contributed by atoms with van der Waals surface area (Å²) >= 11 is 12.3. The third-order valence-electron chi connectivity index (χ3n) is 5.04. The van der Waals surface area contributed by atoms with Crippen LogP contribution in [0, 0.1) is 21.4 Å². The van der Waals surface area contributed by atoms with E-state index in [1.165, 1.54) is 6.07 Å². The van der Waals surface area contributed by atoms with E-state index in [0.717, 1.165) is 25.2 Å². The van der Waals surface area contributed by atoms with Gasteiger partial charge in [0.25, 0.3) is 5.69 Å². The topological polar surface area (TPSA) is 149 Å². The zero-order valence-electron chi connectivity index (χ0n) is 17.7. The highest BCUT2D eigenvalue weighted by molar-refractivity contribution is 6.37. The fourth-order valence-electron chi connectivity index (χ4n) is 3.66. The first-order valence-corrected chi connectivity index (χ1v) is 10.2. The molecule has 34 heavy (non-hydrogen) atoms. The smallest absolute Gasteiger partial charge is 0.355 e. The van der Waals surface area contributed by atoms with Crippen LogP contribution in [-0.2, 0) is 19.1 Å². The molecule has 0 aliphatic carbocycles. The molecule has 3 rings (SSSR count). The molecule has 0 radical (unpaired) electrons. The van der Waals surface area contributed by atoms with E-state index in [1.807, 2.05) is 6.07 Å². The maximum atomic E-state index is 13.0. The number of halogens is 2. The number of allylic oxidation sites excluding steroid dienone is 1. The minimum Gasteiger partial charge on any atom is -0.466 e. The number of anilines is 1. The van der Waals surface area contributed by atoms with Crippen molar-refractivity contribution in [3.8, 4) is 6.07 Å². The Bertz CT molecular complexity index is 1300. The average molecular weight is 503 g/mol. The van der Waals surface area contributed by atoms with Gasteiger partial charge in [0.05, 0.1) is 47.3 Å². The molecule has 2 aromatic rings. The Balaban J connectivity index is 2.53. The summed E-state index contributed by atoms with van der Waals surface area (Å²) in [4.78, 5) is 37.9. The number of carbonyl (C=O) groups excluding carboxylic acids is 2. The van der Waals surface area contributed by atoms with E-state index >= 15 is 0 Å². The molecule has 174 valence electrons. The third kappa shape index (κ3) is 4.14. The van der Waals surface area contributed by atoms with Crippen molar-refractivity contribution in [1.29, 1.82) is 5.26 Å². The lowest BCUT2D eigenvalue weighted by Crippen LogP contribution is -2.41. The van der Waals surface area contributed by atoms with Gasteiger partial charge >= 0.3 is 11.9 Å². The molecule has 0 saturated heterocycles. The van der Waals surface area contributed by atoms with Crippen LogP contribution in [0.3, 0.4) is 0 Å². The maximum Gasteiger partial charge on any atom is 0.355 e. The predicted octanol–water partition coefficient (Wildman–Crippen LogP) is 3.80. The van der Waals surface area contributed by atoms with Gasteiger partial charge in [-0.2, -0.15) is 5.26 Å². The van der Waals surface area contributed by atoms with Crippen LogP contribution in [0.1, 0.15) is 11.5 Å². The Kier molecular flexibility index (Phi) is 7.10. The van der Waals surface area contributed by atoms with Crippen molar-refractivity contribution in [2.24, 2.45) is 5.73 Å². The number of hydrogen-bond donors (Lipinski definition) is 1. The lowest BCUT2D eigenvalue weighted by molar-refractivity contribution is -0.384. The van der Waals surface area contributed by atoms with E-state index in [9.17, 15) is 25.0 Å². The number of nitro groups is 1. The molecule has 10 nitrogen and oxygen atoms in total. The zero-order chi connectivity index (χ0) is 25.2. The van der Waals surface area contributed by atoms with Gasteiger partial charge < -0.3 is 15.2 Å². The maximum absolute atomic E-state index is 13.0. The molecule has 2 aromatic carbocycles. The van der Waals surface area contributed by atoms with E-state index in [-0.39, 0.29) is 32.7 Å². The van der Waals surface area contributed by atoms with Gasteiger partial charge in [-0.05, 0) is 11.6 Å². The SMILES string of the molecule is COC(=O)C1=C(C(=O)OC)N(c2c(Cl)cc(Cl)cc2[N+](=O)[O-])C(N)=C(C#N)C1c1ccccc1. The fraction of sp³-hybridized carbons (Fsp3) is 0.136. The van der Waals surface area contributed by atoms with E-state index in [4.69, 9.17) is 38.4 Å². The molecule has 1 unspecified atom stereocenters. The van der Waals surface area contributed by atoms with Crippen LogP contribution >= 0.6 is 23.2 Å². The highest BCUT2D eigenvalue weighted by atomic mass is 35.5. The summed E-state index contributed by atoms with van der Waals surface area (Å²) in [6.45, 7) is 0. The number of hydrogen-bond acceptors (Lipinski definition) is 9. The number of nitrogens with two attached hydrogens (primary N) is 1. The highest BCUT2D eigenvalue weighted by Crippen LogP contribution is 2.48. The van der Waals surface area contributed by atoms with Gasteiger partial charge in [0.2, 0.25) is 0 Å². The minimum absolute atomic E-state index is 0.0560. The molecular weight excluding hydrogens is 487 g/mol. The van der Waals surface area contributed by atoms with Gasteiger partial charge in [0, 0.05) is 11.1 Å². The lowest BCUT2D eigenvalue weighted by atomic mass is 9.81. The van der Waals surface area contributed by atoms with Crippen molar-refractivity contribution in [1.82, 2.24) is 0 Å². The second-order valence-corrected chi connectivity index (χ2v) is 7.69. The zero-order valence-corrected chi connectivity index (χ0v) is 19.3. The number of ether oxygens (including phenoxy) is 2. The molecule has 1 aliphatic rings. The summed E-state index contributed by atoms with van der Waals surface area (Å²) in [6, 6.07) is 12.4. The van der Waals surface area contributed by atoms with E-state index < -0.39 is 34.2 Å². The van der Waals surface area contributed by atoms with Gasteiger partial charge in [-0.1, -0.05) is 53.5 Å². The summed E-state index contributed by atoms with van der Waals surface area (Å²) in [6.07, 6.45) is 0. The Morgan fingerprint density at radius 3 is 2.29 bits per heavy atom. The summed E-state index contributed by atoms with van der Waals surface area (Å²) < 4.78 is 9.80. The molecule has 0 saturated carbocycles. The van der Waals surface area contributed by atoms with Crippen LogP contribution in [0.15, 0.2) is 65.1 Å². The van der Waals surface area contributed by atoms with Crippen molar-refractivity contribution < 1.29 is 24.0 Å². The largest absolute Gasteiger partial charge is 0.466 e. The van der Waals surface area contributed by atoms with Crippen molar-refractivity contribution >= 4 is 46.5 Å². The van der Waals surface area contributed by atoms with Gasteiger partial charge in [-0.15, -0.1) is 0 Å². The van der Waals surface area contributed by atoms with Crippen LogP contribution in [0.5, 0.6) is 0 Å². The fourth-order valence-corrected chi connectivity index (χ4v) is 4.23. The first-order chi connectivity index (χ1) is 16.2. The highest BCUT2D eigenvalue weighted by Gasteiger charge is 2.45. The van der Waals surface area contributed by atoms with Crippen molar-refractivity contribution in [3.05, 3.63) is 90.9 Å². The molecule has 0 fully saturated rings. The number of methoxy groups -OCH3 is 2. The Labute approximate surface area is 203 Å². The van der Waals surface area contributed by atoms with Crippen LogP contribution < -0.4 is 10.6 Å². The van der Waals surface area contributed by atoms with Crippen LogP contribution in [-0.4, -0.2) is 31.1 Å². The lowest BCUT2D eigenvalue weighted by Gasteiger charge is -2.35. The standard InChI is InChI=1S/C22H16Cl2N4O6/c1-33-21(29)17-16(11-6-4-3-5-7-11)13(10-25)20(26)27(19(17)22(30)34-2)18-14(24)8-12(23)9-15(18)28(31)32/h3-9,16H,26H2,1-2H3. The first kappa shape index (κ1) is 24.6. The first-order valence-electron chi connectivity index (χ1n) is 9.46. The number of nitrogens with zero attached hydrogens (tertiary/aromatic N) is 3. The van der Waals surface area contributed by atoms with E-state index in [0.29, 0.717) is 5.56 Å².